The molecule has 2 aromatic rings. The lowest BCUT2D eigenvalue weighted by Gasteiger charge is -2.03. The van der Waals surface area contributed by atoms with Gasteiger partial charge in [-0.15, -0.1) is 0 Å². The van der Waals surface area contributed by atoms with Crippen LogP contribution in [0.4, 0.5) is 0 Å². The molecule has 0 atom stereocenters. The number of ether oxygens (including phenoxy) is 1. The number of hydrogen-bond acceptors (Lipinski definition) is 3. The Hall–Kier alpha value is -1.81. The van der Waals surface area contributed by atoms with Gasteiger partial charge >= 0.3 is 0 Å². The van der Waals surface area contributed by atoms with Gasteiger partial charge in [0.15, 0.2) is 0 Å². The zero-order valence-corrected chi connectivity index (χ0v) is 9.97. The topological polar surface area (TPSA) is 53.1 Å². The third-order valence-corrected chi connectivity index (χ3v) is 2.62. The minimum atomic E-state index is 0.713. The fourth-order valence-electron chi connectivity index (χ4n) is 1.69. The van der Waals surface area contributed by atoms with Crippen molar-refractivity contribution in [3.63, 3.8) is 0 Å². The molecule has 0 saturated heterocycles. The van der Waals surface area contributed by atoms with Gasteiger partial charge in [-0.1, -0.05) is 6.07 Å². The summed E-state index contributed by atoms with van der Waals surface area (Å²) in [5.41, 5.74) is 7.70. The maximum atomic E-state index is 5.49. The van der Waals surface area contributed by atoms with Gasteiger partial charge in [-0.2, -0.15) is 5.10 Å². The summed E-state index contributed by atoms with van der Waals surface area (Å²) in [5, 5.41) is 4.34. The van der Waals surface area contributed by atoms with E-state index < -0.39 is 0 Å². The lowest BCUT2D eigenvalue weighted by molar-refractivity contribution is 0.414. The van der Waals surface area contributed by atoms with Crippen LogP contribution in [-0.2, 0) is 6.42 Å². The maximum Gasteiger partial charge on any atom is 0.121 e. The highest BCUT2D eigenvalue weighted by Gasteiger charge is 2.01. The SMILES string of the molecule is COc1cccc(-n2cc(CCCN)cn2)c1. The average Bonchev–Trinajstić information content (AvgIpc) is 2.85. The predicted molar refractivity (Wildman–Crippen MR) is 67.5 cm³/mol. The van der Waals surface area contributed by atoms with Crippen LogP contribution in [0.5, 0.6) is 5.75 Å². The number of benzene rings is 1. The quantitative estimate of drug-likeness (QED) is 0.853. The Kier molecular flexibility index (Phi) is 3.77. The summed E-state index contributed by atoms with van der Waals surface area (Å²) >= 11 is 0. The van der Waals surface area contributed by atoms with E-state index in [0.717, 1.165) is 24.3 Å². The first-order valence-electron chi connectivity index (χ1n) is 5.71. The number of methoxy groups -OCH3 is 1. The molecular formula is C13H17N3O. The van der Waals surface area contributed by atoms with E-state index in [1.165, 1.54) is 5.56 Å². The van der Waals surface area contributed by atoms with Gasteiger partial charge in [0.2, 0.25) is 0 Å². The van der Waals surface area contributed by atoms with E-state index in [-0.39, 0.29) is 0 Å². The van der Waals surface area contributed by atoms with Gasteiger partial charge in [0.1, 0.15) is 5.75 Å². The number of hydrogen-bond donors (Lipinski definition) is 1. The lowest BCUT2D eigenvalue weighted by Crippen LogP contribution is -1.99. The largest absolute Gasteiger partial charge is 0.497 e. The fraction of sp³-hybridized carbons (Fsp3) is 0.308. The van der Waals surface area contributed by atoms with Crippen LogP contribution in [0.2, 0.25) is 0 Å². The van der Waals surface area contributed by atoms with Crippen LogP contribution in [0.1, 0.15) is 12.0 Å². The Balaban J connectivity index is 2.18. The Labute approximate surface area is 101 Å². The molecule has 17 heavy (non-hydrogen) atoms. The molecule has 4 heteroatoms. The predicted octanol–water partition coefficient (Wildman–Crippen LogP) is 1.77. The van der Waals surface area contributed by atoms with Crippen molar-refractivity contribution in [3.05, 3.63) is 42.2 Å². The van der Waals surface area contributed by atoms with Gasteiger partial charge in [-0.25, -0.2) is 4.68 Å². The number of aryl methyl sites for hydroxylation is 1. The zero-order valence-electron chi connectivity index (χ0n) is 9.97. The van der Waals surface area contributed by atoms with Crippen LogP contribution in [0.15, 0.2) is 36.7 Å². The van der Waals surface area contributed by atoms with Gasteiger partial charge < -0.3 is 10.5 Å². The standard InChI is InChI=1S/C13H17N3O/c1-17-13-6-2-5-12(8-13)16-10-11(9-15-16)4-3-7-14/h2,5-6,8-10H,3-4,7,14H2,1H3. The molecule has 0 aliphatic carbocycles. The molecule has 1 aromatic heterocycles. The molecule has 4 nitrogen and oxygen atoms in total. The summed E-state index contributed by atoms with van der Waals surface area (Å²) in [6.45, 7) is 0.713. The molecule has 0 bridgehead atoms. The Morgan fingerprint density at radius 3 is 3.06 bits per heavy atom. The summed E-state index contributed by atoms with van der Waals surface area (Å²) in [7, 11) is 1.66. The molecule has 0 unspecified atom stereocenters. The number of aromatic nitrogens is 2. The van der Waals surface area contributed by atoms with E-state index in [9.17, 15) is 0 Å². The highest BCUT2D eigenvalue weighted by molar-refractivity contribution is 5.38. The normalized spacial score (nSPS) is 10.5. The van der Waals surface area contributed by atoms with Crippen molar-refractivity contribution in [1.82, 2.24) is 9.78 Å². The first kappa shape index (κ1) is 11.7. The Morgan fingerprint density at radius 2 is 2.29 bits per heavy atom. The summed E-state index contributed by atoms with van der Waals surface area (Å²) in [5.74, 6) is 0.835. The first-order valence-corrected chi connectivity index (χ1v) is 5.71. The van der Waals surface area contributed by atoms with Gasteiger partial charge in [0.25, 0.3) is 0 Å². The van der Waals surface area contributed by atoms with Crippen molar-refractivity contribution >= 4 is 0 Å². The highest BCUT2D eigenvalue weighted by Crippen LogP contribution is 2.16. The summed E-state index contributed by atoms with van der Waals surface area (Å²) in [6.07, 6.45) is 5.88. The second-order valence-corrected chi connectivity index (χ2v) is 3.89. The van der Waals surface area contributed by atoms with Gasteiger partial charge in [0.05, 0.1) is 19.0 Å². The van der Waals surface area contributed by atoms with Gasteiger partial charge in [-0.3, -0.25) is 0 Å². The van der Waals surface area contributed by atoms with Crippen LogP contribution < -0.4 is 10.5 Å². The van der Waals surface area contributed by atoms with E-state index in [4.69, 9.17) is 10.5 Å². The molecule has 1 heterocycles. The van der Waals surface area contributed by atoms with E-state index in [1.54, 1.807) is 7.11 Å². The summed E-state index contributed by atoms with van der Waals surface area (Å²) in [6, 6.07) is 7.83. The monoisotopic (exact) mass is 231 g/mol. The van der Waals surface area contributed by atoms with Crippen LogP contribution in [0.3, 0.4) is 0 Å². The second kappa shape index (κ2) is 5.50. The van der Waals surface area contributed by atoms with Crippen LogP contribution in [0.25, 0.3) is 5.69 Å². The minimum Gasteiger partial charge on any atom is -0.497 e. The molecule has 2 N–H and O–H groups in total. The molecule has 0 saturated carbocycles. The molecule has 0 spiro atoms. The number of nitrogens with two attached hydrogens (primary N) is 1. The van der Waals surface area contributed by atoms with Crippen LogP contribution in [-0.4, -0.2) is 23.4 Å². The number of nitrogens with zero attached hydrogens (tertiary/aromatic N) is 2. The highest BCUT2D eigenvalue weighted by atomic mass is 16.5. The molecule has 1 aromatic carbocycles. The summed E-state index contributed by atoms with van der Waals surface area (Å²) in [4.78, 5) is 0. The van der Waals surface area contributed by atoms with Gasteiger partial charge in [-0.05, 0) is 37.1 Å². The van der Waals surface area contributed by atoms with Crippen LogP contribution >= 0.6 is 0 Å². The molecular weight excluding hydrogens is 214 g/mol. The Bertz CT molecular complexity index is 479. The third-order valence-electron chi connectivity index (χ3n) is 2.62. The van der Waals surface area contributed by atoms with Crippen molar-refractivity contribution < 1.29 is 4.74 Å². The first-order chi connectivity index (χ1) is 8.33. The minimum absolute atomic E-state index is 0.713. The summed E-state index contributed by atoms with van der Waals surface area (Å²) < 4.78 is 7.05. The third kappa shape index (κ3) is 2.85. The maximum absolute atomic E-state index is 5.49. The van der Waals surface area contributed by atoms with E-state index in [1.807, 2.05) is 41.3 Å². The molecule has 0 aliphatic heterocycles. The Morgan fingerprint density at radius 1 is 1.41 bits per heavy atom. The second-order valence-electron chi connectivity index (χ2n) is 3.89. The molecule has 0 fully saturated rings. The van der Waals surface area contributed by atoms with Crippen LogP contribution in [0, 0.1) is 0 Å². The zero-order chi connectivity index (χ0) is 12.1. The average molecular weight is 231 g/mol. The smallest absolute Gasteiger partial charge is 0.121 e. The lowest BCUT2D eigenvalue weighted by atomic mass is 10.2. The van der Waals surface area contributed by atoms with E-state index in [2.05, 4.69) is 5.10 Å². The number of rotatable bonds is 5. The molecule has 0 amide bonds. The van der Waals surface area contributed by atoms with E-state index >= 15 is 0 Å². The molecule has 2 rings (SSSR count). The van der Waals surface area contributed by atoms with Crippen molar-refractivity contribution in [2.45, 2.75) is 12.8 Å². The van der Waals surface area contributed by atoms with Crippen molar-refractivity contribution in [3.8, 4) is 11.4 Å². The van der Waals surface area contributed by atoms with E-state index in [0.29, 0.717) is 6.54 Å². The molecule has 90 valence electrons. The molecule has 0 aliphatic rings. The fourth-order valence-corrected chi connectivity index (χ4v) is 1.69. The van der Waals surface area contributed by atoms with Crippen molar-refractivity contribution in [1.29, 1.82) is 0 Å². The molecule has 0 radical (unpaired) electrons. The van der Waals surface area contributed by atoms with Crippen molar-refractivity contribution in [2.24, 2.45) is 5.73 Å². The van der Waals surface area contributed by atoms with Crippen molar-refractivity contribution in [2.75, 3.05) is 13.7 Å². The van der Waals surface area contributed by atoms with Gasteiger partial charge in [0, 0.05) is 12.3 Å².